The number of aromatic nitrogens is 3. The maximum Gasteiger partial charge on any atom is 0.216 e. The lowest BCUT2D eigenvalue weighted by molar-refractivity contribution is 0.579. The highest BCUT2D eigenvalue weighted by Gasteiger charge is 2.14. The molecule has 7 heteroatoms. The van der Waals surface area contributed by atoms with Crippen molar-refractivity contribution in [3.8, 4) is 11.3 Å². The van der Waals surface area contributed by atoms with E-state index in [1.165, 1.54) is 0 Å². The fourth-order valence-electron chi connectivity index (χ4n) is 2.50. The van der Waals surface area contributed by atoms with Gasteiger partial charge in [0.05, 0.1) is 23.7 Å². The van der Waals surface area contributed by atoms with Gasteiger partial charge in [0.1, 0.15) is 0 Å². The van der Waals surface area contributed by atoms with Gasteiger partial charge in [-0.1, -0.05) is 29.8 Å². The minimum absolute atomic E-state index is 0.0699. The fraction of sp³-hybridized carbons (Fsp3) is 0.167. The van der Waals surface area contributed by atoms with Gasteiger partial charge in [-0.2, -0.15) is 0 Å². The number of pyridine rings is 1. The topological polar surface area (TPSA) is 84.8 Å². The van der Waals surface area contributed by atoms with E-state index in [1.807, 2.05) is 37.3 Å². The van der Waals surface area contributed by atoms with Crippen molar-refractivity contribution in [2.45, 2.75) is 19.2 Å². The normalized spacial score (nSPS) is 11.4. The van der Waals surface area contributed by atoms with Crippen molar-refractivity contribution < 1.29 is 8.42 Å². The highest BCUT2D eigenvalue weighted by atomic mass is 32.2. The Kier molecular flexibility index (Phi) is 5.16. The molecule has 128 valence electrons. The van der Waals surface area contributed by atoms with Crippen molar-refractivity contribution >= 4 is 10.0 Å². The minimum atomic E-state index is -3.48. The number of sulfonamides is 1. The molecule has 0 aliphatic rings. The van der Waals surface area contributed by atoms with Crippen LogP contribution in [0.5, 0.6) is 0 Å². The van der Waals surface area contributed by atoms with Crippen molar-refractivity contribution in [2.75, 3.05) is 0 Å². The van der Waals surface area contributed by atoms with Crippen molar-refractivity contribution in [1.82, 2.24) is 19.7 Å². The van der Waals surface area contributed by atoms with E-state index >= 15 is 0 Å². The molecule has 0 aliphatic heterocycles. The molecule has 0 atom stereocenters. The molecular weight excluding hydrogens is 336 g/mol. The lowest BCUT2D eigenvalue weighted by atomic mass is 10.1. The predicted octanol–water partition coefficient (Wildman–Crippen LogP) is 2.47. The summed E-state index contributed by atoms with van der Waals surface area (Å²) < 4.78 is 27.3. The zero-order valence-corrected chi connectivity index (χ0v) is 14.6. The van der Waals surface area contributed by atoms with Crippen LogP contribution in [-0.4, -0.2) is 23.4 Å². The average molecular weight is 354 g/mol. The second-order valence-corrected chi connectivity index (χ2v) is 7.46. The molecule has 3 aromatic rings. The molecule has 0 amide bonds. The first-order chi connectivity index (χ1) is 12.0. The quantitative estimate of drug-likeness (QED) is 0.735. The van der Waals surface area contributed by atoms with E-state index in [-0.39, 0.29) is 12.3 Å². The number of rotatable bonds is 6. The first-order valence-corrected chi connectivity index (χ1v) is 9.42. The van der Waals surface area contributed by atoms with Crippen LogP contribution in [0.2, 0.25) is 0 Å². The summed E-state index contributed by atoms with van der Waals surface area (Å²) in [5.41, 5.74) is 3.84. The number of hydrogen-bond donors (Lipinski definition) is 1. The molecule has 0 aliphatic carbocycles. The summed E-state index contributed by atoms with van der Waals surface area (Å²) in [5.74, 6) is -0.0699. The molecule has 0 bridgehead atoms. The summed E-state index contributed by atoms with van der Waals surface area (Å²) in [6.07, 6.45) is 6.46. The number of aryl methyl sites for hydroxylation is 1. The van der Waals surface area contributed by atoms with Crippen LogP contribution in [-0.2, 0) is 22.3 Å². The largest absolute Gasteiger partial charge is 0.265 e. The van der Waals surface area contributed by atoms with Crippen molar-refractivity contribution in [3.63, 3.8) is 0 Å². The van der Waals surface area contributed by atoms with Crippen LogP contribution in [0.25, 0.3) is 11.3 Å². The van der Waals surface area contributed by atoms with Crippen LogP contribution in [0, 0.1) is 6.92 Å². The van der Waals surface area contributed by atoms with Gasteiger partial charge in [0.15, 0.2) is 0 Å². The molecule has 6 nitrogen and oxygen atoms in total. The van der Waals surface area contributed by atoms with Gasteiger partial charge in [-0.15, -0.1) is 0 Å². The van der Waals surface area contributed by atoms with Crippen LogP contribution < -0.4 is 4.72 Å². The van der Waals surface area contributed by atoms with Crippen LogP contribution in [0.3, 0.4) is 0 Å². The molecule has 25 heavy (non-hydrogen) atoms. The van der Waals surface area contributed by atoms with Gasteiger partial charge in [-0.05, 0) is 24.6 Å². The van der Waals surface area contributed by atoms with E-state index in [0.29, 0.717) is 11.4 Å². The van der Waals surface area contributed by atoms with Gasteiger partial charge in [0, 0.05) is 30.4 Å². The maximum atomic E-state index is 12.4. The van der Waals surface area contributed by atoms with Crippen LogP contribution in [0.1, 0.15) is 16.8 Å². The van der Waals surface area contributed by atoms with Crippen molar-refractivity contribution in [1.29, 1.82) is 0 Å². The Balaban J connectivity index is 1.75. The summed E-state index contributed by atoms with van der Waals surface area (Å²) in [7, 11) is -3.48. The zero-order valence-electron chi connectivity index (χ0n) is 13.8. The first-order valence-electron chi connectivity index (χ1n) is 7.77. The minimum Gasteiger partial charge on any atom is -0.265 e. The van der Waals surface area contributed by atoms with Gasteiger partial charge < -0.3 is 0 Å². The van der Waals surface area contributed by atoms with Gasteiger partial charge in [-0.25, -0.2) is 13.1 Å². The van der Waals surface area contributed by atoms with E-state index < -0.39 is 10.0 Å². The van der Waals surface area contributed by atoms with E-state index in [2.05, 4.69) is 19.7 Å². The zero-order chi connectivity index (χ0) is 17.7. The smallest absolute Gasteiger partial charge is 0.216 e. The van der Waals surface area contributed by atoms with Gasteiger partial charge >= 0.3 is 0 Å². The monoisotopic (exact) mass is 354 g/mol. The van der Waals surface area contributed by atoms with E-state index in [1.54, 1.807) is 30.9 Å². The van der Waals surface area contributed by atoms with E-state index in [4.69, 9.17) is 0 Å². The Morgan fingerprint density at radius 1 is 1.00 bits per heavy atom. The molecule has 0 saturated heterocycles. The average Bonchev–Trinajstić information content (AvgIpc) is 2.61. The third-order valence-electron chi connectivity index (χ3n) is 3.63. The fourth-order valence-corrected chi connectivity index (χ4v) is 3.57. The van der Waals surface area contributed by atoms with Crippen molar-refractivity contribution in [3.05, 3.63) is 78.0 Å². The number of benzene rings is 1. The van der Waals surface area contributed by atoms with Gasteiger partial charge in [-0.3, -0.25) is 15.0 Å². The van der Waals surface area contributed by atoms with Gasteiger partial charge in [0.25, 0.3) is 0 Å². The number of hydrogen-bond acceptors (Lipinski definition) is 5. The van der Waals surface area contributed by atoms with Crippen LogP contribution in [0.4, 0.5) is 0 Å². The second kappa shape index (κ2) is 7.50. The standard InChI is InChI=1S/C18H18N4O2S/c1-14-3-2-4-15(11-14)13-25(23,24)22-12-17-18(21-10-9-20-17)16-5-7-19-8-6-16/h2-11,22H,12-13H2,1H3. The van der Waals surface area contributed by atoms with Gasteiger partial charge in [0.2, 0.25) is 10.0 Å². The Labute approximate surface area is 147 Å². The highest BCUT2D eigenvalue weighted by molar-refractivity contribution is 7.88. The molecule has 2 aromatic heterocycles. The molecular formula is C18H18N4O2S. The highest BCUT2D eigenvalue weighted by Crippen LogP contribution is 2.18. The Bertz CT molecular complexity index is 960. The Morgan fingerprint density at radius 3 is 2.52 bits per heavy atom. The Morgan fingerprint density at radius 2 is 1.76 bits per heavy atom. The molecule has 0 spiro atoms. The molecule has 0 radical (unpaired) electrons. The summed E-state index contributed by atoms with van der Waals surface area (Å²) in [5, 5.41) is 0. The third-order valence-corrected chi connectivity index (χ3v) is 4.92. The molecule has 0 unspecified atom stereocenters. The SMILES string of the molecule is Cc1cccc(CS(=O)(=O)NCc2nccnc2-c2ccncc2)c1. The summed E-state index contributed by atoms with van der Waals surface area (Å²) in [6.45, 7) is 2.02. The van der Waals surface area contributed by atoms with E-state index in [9.17, 15) is 8.42 Å². The number of nitrogens with zero attached hydrogens (tertiary/aromatic N) is 3. The molecule has 0 saturated carbocycles. The van der Waals surface area contributed by atoms with Crippen LogP contribution >= 0.6 is 0 Å². The molecule has 3 rings (SSSR count). The Hall–Kier alpha value is -2.64. The second-order valence-electron chi connectivity index (χ2n) is 5.66. The van der Waals surface area contributed by atoms with Crippen LogP contribution in [0.15, 0.2) is 61.2 Å². The predicted molar refractivity (Wildman–Crippen MR) is 95.9 cm³/mol. The van der Waals surface area contributed by atoms with E-state index in [0.717, 1.165) is 16.7 Å². The molecule has 1 aromatic carbocycles. The first kappa shape index (κ1) is 17.2. The molecule has 2 heterocycles. The maximum absolute atomic E-state index is 12.4. The molecule has 1 N–H and O–H groups in total. The van der Waals surface area contributed by atoms with Crippen molar-refractivity contribution in [2.24, 2.45) is 0 Å². The summed E-state index contributed by atoms with van der Waals surface area (Å²) in [4.78, 5) is 12.6. The third kappa shape index (κ3) is 4.68. The number of nitrogens with one attached hydrogen (secondary N) is 1. The summed E-state index contributed by atoms with van der Waals surface area (Å²) >= 11 is 0. The molecule has 0 fully saturated rings. The lowest BCUT2D eigenvalue weighted by Gasteiger charge is -2.10. The lowest BCUT2D eigenvalue weighted by Crippen LogP contribution is -2.25. The summed E-state index contributed by atoms with van der Waals surface area (Å²) in [6, 6.07) is 11.1.